The summed E-state index contributed by atoms with van der Waals surface area (Å²) in [6, 6.07) is 1.97. The summed E-state index contributed by atoms with van der Waals surface area (Å²) in [5, 5.41) is 0. The average molecular weight is 357 g/mol. The SMILES string of the molecule is CCc1nc2c(cc1B1OC(C)(C)C(C)(C)O1)nc(C)c(=O)n2C(C)C. The number of hydrogen-bond acceptors (Lipinski definition) is 5. The fraction of sp³-hybridized carbons (Fsp3) is 0.632. The maximum absolute atomic E-state index is 12.5. The molecule has 0 N–H and O–H groups in total. The molecular weight excluding hydrogens is 329 g/mol. The van der Waals surface area contributed by atoms with Crippen LogP contribution in [0.5, 0.6) is 0 Å². The number of fused-ring (bicyclic) bond motifs is 1. The molecule has 0 radical (unpaired) electrons. The first-order chi connectivity index (χ1) is 12.0. The molecule has 0 bridgehead atoms. The van der Waals surface area contributed by atoms with Crippen molar-refractivity contribution in [1.82, 2.24) is 14.5 Å². The van der Waals surface area contributed by atoms with Crippen molar-refractivity contribution in [2.24, 2.45) is 0 Å². The van der Waals surface area contributed by atoms with Gasteiger partial charge in [0, 0.05) is 17.2 Å². The van der Waals surface area contributed by atoms with Crippen LogP contribution in [0.4, 0.5) is 0 Å². The molecule has 0 atom stereocenters. The van der Waals surface area contributed by atoms with Crippen molar-refractivity contribution in [3.05, 3.63) is 27.8 Å². The Kier molecular flexibility index (Phi) is 4.52. The van der Waals surface area contributed by atoms with E-state index < -0.39 is 18.3 Å². The van der Waals surface area contributed by atoms with E-state index in [2.05, 4.69) is 4.98 Å². The van der Waals surface area contributed by atoms with Crippen molar-refractivity contribution in [2.45, 2.75) is 79.1 Å². The molecule has 3 heterocycles. The Morgan fingerprint density at radius 3 is 2.23 bits per heavy atom. The second-order valence-electron chi connectivity index (χ2n) is 8.27. The van der Waals surface area contributed by atoms with Crippen molar-refractivity contribution in [1.29, 1.82) is 0 Å². The fourth-order valence-electron chi connectivity index (χ4n) is 3.24. The van der Waals surface area contributed by atoms with Crippen LogP contribution in [0.3, 0.4) is 0 Å². The average Bonchev–Trinajstić information content (AvgIpc) is 2.75. The van der Waals surface area contributed by atoms with Gasteiger partial charge in [0.05, 0.1) is 11.2 Å². The molecule has 2 aromatic heterocycles. The normalized spacial score (nSPS) is 18.9. The van der Waals surface area contributed by atoms with E-state index in [4.69, 9.17) is 14.3 Å². The van der Waals surface area contributed by atoms with Crippen molar-refractivity contribution < 1.29 is 9.31 Å². The third-order valence-electron chi connectivity index (χ3n) is 5.50. The molecule has 26 heavy (non-hydrogen) atoms. The third kappa shape index (κ3) is 2.87. The molecule has 140 valence electrons. The molecule has 0 aliphatic carbocycles. The first-order valence-electron chi connectivity index (χ1n) is 9.27. The van der Waals surface area contributed by atoms with E-state index in [-0.39, 0.29) is 11.6 Å². The van der Waals surface area contributed by atoms with Crippen LogP contribution in [0.25, 0.3) is 11.2 Å². The van der Waals surface area contributed by atoms with Gasteiger partial charge in [-0.15, -0.1) is 0 Å². The fourth-order valence-corrected chi connectivity index (χ4v) is 3.24. The molecule has 6 nitrogen and oxygen atoms in total. The van der Waals surface area contributed by atoms with Gasteiger partial charge in [-0.1, -0.05) is 6.92 Å². The Morgan fingerprint density at radius 1 is 1.15 bits per heavy atom. The summed E-state index contributed by atoms with van der Waals surface area (Å²) in [4.78, 5) is 21.8. The molecule has 3 rings (SSSR count). The van der Waals surface area contributed by atoms with E-state index in [1.165, 1.54) is 0 Å². The summed E-state index contributed by atoms with van der Waals surface area (Å²) in [5.74, 6) is 0. The lowest BCUT2D eigenvalue weighted by atomic mass is 9.77. The topological polar surface area (TPSA) is 66.2 Å². The second-order valence-corrected chi connectivity index (χ2v) is 8.27. The van der Waals surface area contributed by atoms with Crippen LogP contribution < -0.4 is 11.0 Å². The molecule has 2 aromatic rings. The zero-order chi connectivity index (χ0) is 19.4. The molecule has 1 saturated heterocycles. The van der Waals surface area contributed by atoms with E-state index in [1.807, 2.05) is 54.5 Å². The number of rotatable bonds is 3. The Hall–Kier alpha value is -1.73. The molecule has 0 saturated carbocycles. The molecule has 0 amide bonds. The lowest BCUT2D eigenvalue weighted by Crippen LogP contribution is -2.41. The largest absolute Gasteiger partial charge is 0.496 e. The highest BCUT2D eigenvalue weighted by molar-refractivity contribution is 6.62. The minimum Gasteiger partial charge on any atom is -0.399 e. The minimum atomic E-state index is -0.492. The summed E-state index contributed by atoms with van der Waals surface area (Å²) in [7, 11) is -0.492. The number of aromatic nitrogens is 3. The quantitative estimate of drug-likeness (QED) is 0.790. The predicted octanol–water partition coefficient (Wildman–Crippen LogP) is 2.54. The van der Waals surface area contributed by atoms with E-state index in [1.54, 1.807) is 11.5 Å². The highest BCUT2D eigenvalue weighted by Crippen LogP contribution is 2.36. The van der Waals surface area contributed by atoms with Gasteiger partial charge in [-0.2, -0.15) is 0 Å². The van der Waals surface area contributed by atoms with Gasteiger partial charge in [0.1, 0.15) is 11.2 Å². The Labute approximate surface area is 155 Å². The van der Waals surface area contributed by atoms with Crippen molar-refractivity contribution in [3.63, 3.8) is 0 Å². The van der Waals surface area contributed by atoms with Gasteiger partial charge < -0.3 is 9.31 Å². The van der Waals surface area contributed by atoms with Crippen LogP contribution in [-0.4, -0.2) is 32.9 Å². The van der Waals surface area contributed by atoms with Crippen LogP contribution in [-0.2, 0) is 15.7 Å². The standard InChI is InChI=1S/C19H28BN3O3/c1-9-14-13(20-25-18(5,6)19(7,8)26-20)10-15-16(22-14)23(11(2)3)17(24)12(4)21-15/h10-11H,9H2,1-8H3. The van der Waals surface area contributed by atoms with Crippen molar-refractivity contribution >= 4 is 23.7 Å². The maximum atomic E-state index is 12.5. The number of pyridine rings is 1. The van der Waals surface area contributed by atoms with Gasteiger partial charge in [-0.3, -0.25) is 9.36 Å². The van der Waals surface area contributed by atoms with Crippen LogP contribution in [0.15, 0.2) is 10.9 Å². The van der Waals surface area contributed by atoms with Gasteiger partial charge in [-0.05, 0) is 61.0 Å². The Morgan fingerprint density at radius 2 is 1.73 bits per heavy atom. The van der Waals surface area contributed by atoms with Gasteiger partial charge >= 0.3 is 7.12 Å². The third-order valence-corrected chi connectivity index (χ3v) is 5.50. The summed E-state index contributed by atoms with van der Waals surface area (Å²) < 4.78 is 14.1. The maximum Gasteiger partial charge on any atom is 0.496 e. The first kappa shape index (κ1) is 19.0. The number of nitrogens with zero attached hydrogens (tertiary/aromatic N) is 3. The zero-order valence-electron chi connectivity index (χ0n) is 17.0. The van der Waals surface area contributed by atoms with Crippen molar-refractivity contribution in [3.8, 4) is 0 Å². The highest BCUT2D eigenvalue weighted by Gasteiger charge is 2.52. The summed E-state index contributed by atoms with van der Waals surface area (Å²) in [6.07, 6.45) is 0.718. The van der Waals surface area contributed by atoms with E-state index in [9.17, 15) is 4.79 Å². The van der Waals surface area contributed by atoms with Crippen LogP contribution in [0.1, 0.15) is 65.9 Å². The Balaban J connectivity index is 2.23. The molecule has 1 fully saturated rings. The van der Waals surface area contributed by atoms with Gasteiger partial charge in [-0.25, -0.2) is 9.97 Å². The highest BCUT2D eigenvalue weighted by atomic mass is 16.7. The lowest BCUT2D eigenvalue weighted by molar-refractivity contribution is 0.00578. The van der Waals surface area contributed by atoms with E-state index in [0.717, 1.165) is 17.6 Å². The van der Waals surface area contributed by atoms with Gasteiger partial charge in [0.25, 0.3) is 5.56 Å². The molecule has 7 heteroatoms. The summed E-state index contributed by atoms with van der Waals surface area (Å²) in [5.41, 5.74) is 2.61. The van der Waals surface area contributed by atoms with Crippen LogP contribution >= 0.6 is 0 Å². The minimum absolute atomic E-state index is 0.00611. The summed E-state index contributed by atoms with van der Waals surface area (Å²) >= 11 is 0. The number of hydrogen-bond donors (Lipinski definition) is 0. The summed E-state index contributed by atoms with van der Waals surface area (Å²) in [6.45, 7) is 15.9. The van der Waals surface area contributed by atoms with Crippen LogP contribution in [0, 0.1) is 6.92 Å². The monoisotopic (exact) mass is 357 g/mol. The number of aryl methyl sites for hydroxylation is 2. The smallest absolute Gasteiger partial charge is 0.399 e. The molecule has 0 spiro atoms. The van der Waals surface area contributed by atoms with Crippen molar-refractivity contribution in [2.75, 3.05) is 0 Å². The predicted molar refractivity (Wildman–Crippen MR) is 104 cm³/mol. The second kappa shape index (κ2) is 6.17. The zero-order valence-corrected chi connectivity index (χ0v) is 17.0. The first-order valence-corrected chi connectivity index (χ1v) is 9.27. The molecule has 0 aromatic carbocycles. The molecule has 1 aliphatic rings. The van der Waals surface area contributed by atoms with Crippen LogP contribution in [0.2, 0.25) is 0 Å². The van der Waals surface area contributed by atoms with E-state index >= 15 is 0 Å². The van der Waals surface area contributed by atoms with Gasteiger partial charge in [0.2, 0.25) is 0 Å². The molecular formula is C19H28BN3O3. The molecule has 0 unspecified atom stereocenters. The van der Waals surface area contributed by atoms with Gasteiger partial charge in [0.15, 0.2) is 5.65 Å². The lowest BCUT2D eigenvalue weighted by Gasteiger charge is -2.32. The molecule has 1 aliphatic heterocycles. The Bertz CT molecular complexity index is 902. The van der Waals surface area contributed by atoms with E-state index in [0.29, 0.717) is 16.9 Å².